The summed E-state index contributed by atoms with van der Waals surface area (Å²) in [4.78, 5) is 0. The SMILES string of the molecule is CCC[Si]12O[Si]3(CCC)O[Si](CCC)(O1)O[Si]1(CCC)O[Si](CCC)(O[Si](CCC)(O1)O3)O2. The van der Waals surface area contributed by atoms with E-state index in [2.05, 4.69) is 41.5 Å². The Labute approximate surface area is 205 Å². The maximum Gasteiger partial charge on any atom is 0.478 e. The summed E-state index contributed by atoms with van der Waals surface area (Å²) in [5.41, 5.74) is 0. The van der Waals surface area contributed by atoms with E-state index in [0.717, 1.165) is 38.5 Å². The molecule has 9 nitrogen and oxygen atoms in total. The minimum Gasteiger partial charge on any atom is -0.373 e. The zero-order valence-electron chi connectivity index (χ0n) is 21.2. The Balaban J connectivity index is 1.95. The van der Waals surface area contributed by atoms with Crippen LogP contribution in [0.4, 0.5) is 0 Å². The van der Waals surface area contributed by atoms with Gasteiger partial charge in [-0.2, -0.15) is 0 Å². The first-order chi connectivity index (χ1) is 15.7. The van der Waals surface area contributed by atoms with Crippen LogP contribution in [-0.4, -0.2) is 52.8 Å². The zero-order chi connectivity index (χ0) is 23.8. The van der Waals surface area contributed by atoms with Gasteiger partial charge in [-0.15, -0.1) is 0 Å². The summed E-state index contributed by atoms with van der Waals surface area (Å²) in [6.07, 6.45) is 5.26. The van der Waals surface area contributed by atoms with Crippen LogP contribution in [0.3, 0.4) is 0 Å². The molecule has 0 N–H and O–H groups in total. The molecule has 0 spiro atoms. The smallest absolute Gasteiger partial charge is 0.373 e. The summed E-state index contributed by atoms with van der Waals surface area (Å²) in [5, 5.41) is 0. The number of hydrogen-bond donors (Lipinski definition) is 0. The third-order valence-electron chi connectivity index (χ3n) is 6.14. The Morgan fingerprint density at radius 3 is 0.485 bits per heavy atom. The Morgan fingerprint density at radius 1 is 0.273 bits per heavy atom. The van der Waals surface area contributed by atoms with E-state index in [9.17, 15) is 0 Å². The molecule has 0 aromatic carbocycles. The van der Waals surface area contributed by atoms with Crippen molar-refractivity contribution in [3.63, 3.8) is 0 Å². The van der Waals surface area contributed by atoms with Gasteiger partial charge in [-0.05, 0) is 0 Å². The molecule has 5 heterocycles. The number of hydrogen-bond acceptors (Lipinski definition) is 9. The van der Waals surface area contributed by atoms with Crippen molar-refractivity contribution in [3.05, 3.63) is 0 Å². The molecule has 0 radical (unpaired) electrons. The van der Waals surface area contributed by atoms with Crippen molar-refractivity contribution in [2.24, 2.45) is 0 Å². The third kappa shape index (κ3) is 5.06. The minimum atomic E-state index is -3.21. The highest BCUT2D eigenvalue weighted by atomic mass is 28.6. The third-order valence-corrected chi connectivity index (χ3v) is 35.2. The summed E-state index contributed by atoms with van der Waals surface area (Å²) in [6, 6.07) is 4.15. The highest BCUT2D eigenvalue weighted by Crippen LogP contribution is 2.53. The van der Waals surface area contributed by atoms with Gasteiger partial charge in [0, 0.05) is 36.3 Å². The predicted octanol–water partition coefficient (Wildman–Crippen LogP) is 5.28. The lowest BCUT2D eigenvalue weighted by molar-refractivity contribution is -0.0318. The van der Waals surface area contributed by atoms with Crippen LogP contribution in [0.2, 0.25) is 36.3 Å². The lowest BCUT2D eigenvalue weighted by atomic mass is 10.6. The fraction of sp³-hybridized carbons (Fsp3) is 1.00. The lowest BCUT2D eigenvalue weighted by Gasteiger charge is -2.63. The van der Waals surface area contributed by atoms with E-state index >= 15 is 0 Å². The first-order valence-corrected chi connectivity index (χ1v) is 24.6. The Kier molecular flexibility index (Phi) is 8.19. The Hall–Kier alpha value is 0.941. The van der Waals surface area contributed by atoms with Gasteiger partial charge >= 0.3 is 52.8 Å². The molecule has 192 valence electrons. The molecule has 5 saturated heterocycles. The van der Waals surface area contributed by atoms with Crippen LogP contribution in [0, 0.1) is 0 Å². The maximum atomic E-state index is 7.08. The van der Waals surface area contributed by atoms with Crippen LogP contribution in [0.5, 0.6) is 0 Å². The first-order valence-electron chi connectivity index (χ1n) is 13.0. The molecule has 5 aliphatic heterocycles. The summed E-state index contributed by atoms with van der Waals surface area (Å²) in [7, 11) is -19.3. The molecule has 0 atom stereocenters. The largest absolute Gasteiger partial charge is 0.478 e. The summed E-state index contributed by atoms with van der Waals surface area (Å²) < 4.78 is 62.7. The van der Waals surface area contributed by atoms with E-state index in [4.69, 9.17) is 37.0 Å². The van der Waals surface area contributed by atoms with E-state index in [-0.39, 0.29) is 0 Å². The molecule has 15 heteroatoms. The molecular weight excluding hydrogens is 529 g/mol. The first kappa shape index (κ1) is 27.0. The van der Waals surface area contributed by atoms with E-state index in [1.165, 1.54) is 0 Å². The normalized spacial score (nSPS) is 46.4. The molecular formula is C18H42O9Si6. The molecule has 5 fully saturated rings. The van der Waals surface area contributed by atoms with Crippen molar-refractivity contribution in [1.82, 2.24) is 0 Å². The van der Waals surface area contributed by atoms with Crippen molar-refractivity contribution >= 4 is 52.8 Å². The quantitative estimate of drug-likeness (QED) is 0.291. The zero-order valence-corrected chi connectivity index (χ0v) is 27.2. The van der Waals surface area contributed by atoms with Crippen molar-refractivity contribution in [2.45, 2.75) is 116 Å². The number of rotatable bonds is 12. The highest BCUT2D eigenvalue weighted by Gasteiger charge is 2.81. The molecule has 6 bridgehead atoms. The topological polar surface area (TPSA) is 83.1 Å². The fourth-order valence-corrected chi connectivity index (χ4v) is 43.1. The standard InChI is InChI=1S/C18H42O9Si6/c1-7-13-28-19-29(14-8-2)21-30(20-28,15-9-3)27-33(18-12-6)23-31(25-28,16-10-4)22-32(24-33,26-29)17-11-5/h7-18H2,1-6H3. The van der Waals surface area contributed by atoms with Crippen LogP contribution in [0.1, 0.15) is 80.1 Å². The molecule has 0 aromatic rings. The lowest BCUT2D eigenvalue weighted by Crippen LogP contribution is -2.88. The van der Waals surface area contributed by atoms with Gasteiger partial charge in [-0.1, -0.05) is 80.1 Å². The Bertz CT molecular complexity index is 544. The van der Waals surface area contributed by atoms with Gasteiger partial charge in [0.2, 0.25) is 0 Å². The molecule has 0 aromatic heterocycles. The molecule has 33 heavy (non-hydrogen) atoms. The van der Waals surface area contributed by atoms with E-state index < -0.39 is 52.8 Å². The summed E-state index contributed by atoms with van der Waals surface area (Å²) in [5.74, 6) is 0. The van der Waals surface area contributed by atoms with Crippen molar-refractivity contribution in [3.8, 4) is 0 Å². The molecule has 0 unspecified atom stereocenters. The van der Waals surface area contributed by atoms with Gasteiger partial charge in [0.15, 0.2) is 0 Å². The van der Waals surface area contributed by atoms with Crippen LogP contribution in [0.25, 0.3) is 0 Å². The second kappa shape index (κ2) is 10.0. The van der Waals surface area contributed by atoms with E-state index in [1.54, 1.807) is 0 Å². The van der Waals surface area contributed by atoms with Crippen LogP contribution < -0.4 is 0 Å². The maximum absolute atomic E-state index is 7.08. The Morgan fingerprint density at radius 2 is 0.394 bits per heavy atom. The van der Waals surface area contributed by atoms with E-state index in [1.807, 2.05) is 0 Å². The van der Waals surface area contributed by atoms with Gasteiger partial charge in [0.1, 0.15) is 0 Å². The van der Waals surface area contributed by atoms with Crippen LogP contribution >= 0.6 is 0 Å². The molecule has 5 aliphatic rings. The van der Waals surface area contributed by atoms with E-state index in [0.29, 0.717) is 36.3 Å². The van der Waals surface area contributed by atoms with Crippen molar-refractivity contribution < 1.29 is 37.0 Å². The average molecular weight is 571 g/mol. The predicted molar refractivity (Wildman–Crippen MR) is 135 cm³/mol. The second-order valence-electron chi connectivity index (χ2n) is 9.52. The van der Waals surface area contributed by atoms with Gasteiger partial charge < -0.3 is 37.0 Å². The molecule has 0 saturated carbocycles. The van der Waals surface area contributed by atoms with Crippen LogP contribution in [-0.2, 0) is 37.0 Å². The highest BCUT2D eigenvalue weighted by molar-refractivity contribution is 7.02. The average Bonchev–Trinajstić information content (AvgIpc) is 2.66. The summed E-state index contributed by atoms with van der Waals surface area (Å²) >= 11 is 0. The van der Waals surface area contributed by atoms with Gasteiger partial charge in [-0.25, -0.2) is 0 Å². The second-order valence-corrected chi connectivity index (χ2v) is 28.1. The fourth-order valence-electron chi connectivity index (χ4n) is 5.26. The van der Waals surface area contributed by atoms with Gasteiger partial charge in [0.25, 0.3) is 0 Å². The molecule has 0 aliphatic carbocycles. The monoisotopic (exact) mass is 570 g/mol. The van der Waals surface area contributed by atoms with Crippen molar-refractivity contribution in [2.75, 3.05) is 0 Å². The van der Waals surface area contributed by atoms with Crippen LogP contribution in [0.15, 0.2) is 0 Å². The minimum absolute atomic E-state index is 0.691. The molecule has 5 rings (SSSR count). The van der Waals surface area contributed by atoms with Crippen molar-refractivity contribution in [1.29, 1.82) is 0 Å². The summed E-state index contributed by atoms with van der Waals surface area (Å²) in [6.45, 7) is 12.8. The van der Waals surface area contributed by atoms with Gasteiger partial charge in [-0.3, -0.25) is 0 Å². The van der Waals surface area contributed by atoms with Gasteiger partial charge in [0.05, 0.1) is 0 Å². The molecule has 0 amide bonds.